The highest BCUT2D eigenvalue weighted by atomic mass is 35.5. The molecule has 1 saturated heterocycles. The molecule has 1 fully saturated rings. The fourth-order valence-electron chi connectivity index (χ4n) is 3.46. The van der Waals surface area contributed by atoms with Crippen molar-refractivity contribution in [1.82, 2.24) is 4.98 Å². The van der Waals surface area contributed by atoms with Crippen LogP contribution < -0.4 is 4.90 Å². The molecule has 0 unspecified atom stereocenters. The van der Waals surface area contributed by atoms with E-state index in [9.17, 15) is 12.8 Å². The van der Waals surface area contributed by atoms with Gasteiger partial charge in [-0.1, -0.05) is 11.6 Å². The first-order valence-corrected chi connectivity index (χ1v) is 11.3. The van der Waals surface area contributed by atoms with E-state index in [0.717, 1.165) is 12.1 Å². The van der Waals surface area contributed by atoms with Crippen molar-refractivity contribution in [3.8, 4) is 11.5 Å². The number of hydrogen-bond donors (Lipinski definition) is 0. The third-order valence-corrected chi connectivity index (χ3v) is 6.68. The maximum atomic E-state index is 13.3. The second-order valence-corrected chi connectivity index (χ2v) is 9.56. The lowest BCUT2D eigenvalue weighted by Gasteiger charge is -2.35. The number of ether oxygens (including phenoxy) is 1. The second kappa shape index (κ2) is 8.02. The van der Waals surface area contributed by atoms with E-state index in [0.29, 0.717) is 23.7 Å². The van der Waals surface area contributed by atoms with Crippen LogP contribution in [0.25, 0.3) is 11.5 Å². The van der Waals surface area contributed by atoms with E-state index in [2.05, 4.69) is 4.98 Å². The Bertz CT molecular complexity index is 1140. The number of halogens is 2. The molecule has 30 heavy (non-hydrogen) atoms. The lowest BCUT2D eigenvalue weighted by atomic mass is 10.2. The van der Waals surface area contributed by atoms with Crippen LogP contribution >= 0.6 is 11.6 Å². The molecule has 0 N–H and O–H groups in total. The number of oxazole rings is 1. The molecule has 2 aromatic carbocycles. The number of benzene rings is 2. The maximum Gasteiger partial charge on any atom is 0.236 e. The molecular weight excluding hydrogens is 431 g/mol. The molecule has 0 bridgehead atoms. The summed E-state index contributed by atoms with van der Waals surface area (Å²) in [5.41, 5.74) is 0.593. The molecule has 4 rings (SSSR count). The van der Waals surface area contributed by atoms with Crippen molar-refractivity contribution in [2.24, 2.45) is 0 Å². The normalized spacial score (nSPS) is 19.8. The van der Waals surface area contributed by atoms with E-state index in [1.165, 1.54) is 12.1 Å². The molecule has 3 aromatic rings. The van der Waals surface area contributed by atoms with Crippen molar-refractivity contribution in [2.45, 2.75) is 36.0 Å². The van der Waals surface area contributed by atoms with Crippen molar-refractivity contribution in [1.29, 1.82) is 0 Å². The number of anilines is 1. The van der Waals surface area contributed by atoms with Gasteiger partial charge < -0.3 is 14.1 Å². The van der Waals surface area contributed by atoms with E-state index in [1.807, 2.05) is 18.7 Å². The summed E-state index contributed by atoms with van der Waals surface area (Å²) in [6, 6.07) is 11.4. The lowest BCUT2D eigenvalue weighted by Crippen LogP contribution is -2.45. The Hall–Kier alpha value is -2.42. The zero-order valence-electron chi connectivity index (χ0n) is 16.4. The van der Waals surface area contributed by atoms with Crippen LogP contribution in [-0.2, 0) is 14.6 Å². The Labute approximate surface area is 179 Å². The summed E-state index contributed by atoms with van der Waals surface area (Å²) < 4.78 is 51.8. The van der Waals surface area contributed by atoms with Crippen molar-refractivity contribution >= 4 is 27.3 Å². The predicted molar refractivity (Wildman–Crippen MR) is 111 cm³/mol. The van der Waals surface area contributed by atoms with Crippen LogP contribution in [0.3, 0.4) is 0 Å². The van der Waals surface area contributed by atoms with Gasteiger partial charge in [-0.25, -0.2) is 12.8 Å². The van der Waals surface area contributed by atoms with Crippen molar-refractivity contribution in [3.05, 3.63) is 59.4 Å². The van der Waals surface area contributed by atoms with E-state index >= 15 is 0 Å². The molecule has 6 nitrogen and oxygen atoms in total. The molecule has 2 atom stereocenters. The molecule has 1 aliphatic heterocycles. The summed E-state index contributed by atoms with van der Waals surface area (Å²) in [6.07, 6.45) is -0.224. The van der Waals surface area contributed by atoms with Gasteiger partial charge in [-0.05, 0) is 62.4 Å². The summed E-state index contributed by atoms with van der Waals surface area (Å²) in [4.78, 5) is 6.09. The van der Waals surface area contributed by atoms with Crippen LogP contribution in [0.5, 0.6) is 0 Å². The van der Waals surface area contributed by atoms with Crippen LogP contribution in [0.1, 0.15) is 13.8 Å². The minimum absolute atomic E-state index is 0.0598. The van der Waals surface area contributed by atoms with Crippen LogP contribution in [0.4, 0.5) is 10.3 Å². The monoisotopic (exact) mass is 450 g/mol. The molecule has 0 radical (unpaired) electrons. The van der Waals surface area contributed by atoms with Crippen LogP contribution in [0, 0.1) is 5.82 Å². The van der Waals surface area contributed by atoms with Gasteiger partial charge in [0.15, 0.2) is 0 Å². The van der Waals surface area contributed by atoms with E-state index < -0.39 is 15.7 Å². The quantitative estimate of drug-likeness (QED) is 0.542. The number of nitrogens with zero attached hydrogens (tertiary/aromatic N) is 2. The van der Waals surface area contributed by atoms with E-state index in [1.54, 1.807) is 24.3 Å². The predicted octanol–water partition coefficient (Wildman–Crippen LogP) is 4.58. The van der Waals surface area contributed by atoms with Crippen LogP contribution in [0.15, 0.2) is 62.9 Å². The number of sulfone groups is 1. The Morgan fingerprint density at radius 2 is 1.63 bits per heavy atom. The maximum absolute atomic E-state index is 13.3. The highest BCUT2D eigenvalue weighted by molar-refractivity contribution is 7.91. The third-order valence-electron chi connectivity index (χ3n) is 4.76. The fraction of sp³-hybridized carbons (Fsp3) is 0.286. The summed E-state index contributed by atoms with van der Waals surface area (Å²) >= 11 is 5.96. The SMILES string of the molecule is C[C@@H]1CN(c2oc(-c3ccc(Cl)cc3)nc2S(=O)(=O)c2ccc(F)cc2)C[C@H](C)O1. The van der Waals surface area contributed by atoms with Crippen molar-refractivity contribution < 1.29 is 22.0 Å². The number of hydrogen-bond acceptors (Lipinski definition) is 6. The van der Waals surface area contributed by atoms with Gasteiger partial charge in [0.05, 0.1) is 17.1 Å². The summed E-state index contributed by atoms with van der Waals surface area (Å²) in [5.74, 6) is -0.215. The number of morpholine rings is 1. The number of aromatic nitrogens is 1. The summed E-state index contributed by atoms with van der Waals surface area (Å²) in [5, 5.41) is 0.334. The highest BCUT2D eigenvalue weighted by Crippen LogP contribution is 2.36. The van der Waals surface area contributed by atoms with Gasteiger partial charge in [-0.3, -0.25) is 0 Å². The smallest absolute Gasteiger partial charge is 0.236 e. The minimum Gasteiger partial charge on any atom is -0.419 e. The zero-order chi connectivity index (χ0) is 21.5. The first-order valence-electron chi connectivity index (χ1n) is 9.42. The Kier molecular flexibility index (Phi) is 5.57. The fourth-order valence-corrected chi connectivity index (χ4v) is 4.91. The molecule has 9 heteroatoms. The topological polar surface area (TPSA) is 72.6 Å². The Balaban J connectivity index is 1.85. The molecule has 0 amide bonds. The van der Waals surface area contributed by atoms with Crippen molar-refractivity contribution in [2.75, 3.05) is 18.0 Å². The Morgan fingerprint density at radius 3 is 2.23 bits per heavy atom. The van der Waals surface area contributed by atoms with Gasteiger partial charge >= 0.3 is 0 Å². The minimum atomic E-state index is -4.05. The summed E-state index contributed by atoms with van der Waals surface area (Å²) in [6.45, 7) is 4.72. The zero-order valence-corrected chi connectivity index (χ0v) is 18.0. The highest BCUT2D eigenvalue weighted by Gasteiger charge is 2.34. The van der Waals surface area contributed by atoms with E-state index in [4.69, 9.17) is 20.8 Å². The molecule has 1 aromatic heterocycles. The molecule has 0 spiro atoms. The summed E-state index contributed by atoms with van der Waals surface area (Å²) in [7, 11) is -4.05. The molecule has 2 heterocycles. The molecule has 0 saturated carbocycles. The van der Waals surface area contributed by atoms with Gasteiger partial charge in [0, 0.05) is 23.7 Å². The Morgan fingerprint density at radius 1 is 1.03 bits per heavy atom. The van der Waals surface area contributed by atoms with Crippen molar-refractivity contribution in [3.63, 3.8) is 0 Å². The average molecular weight is 451 g/mol. The molecular formula is C21H20ClFN2O4S. The largest absolute Gasteiger partial charge is 0.419 e. The lowest BCUT2D eigenvalue weighted by molar-refractivity contribution is -0.00657. The van der Waals surface area contributed by atoms with Crippen LogP contribution in [-0.4, -0.2) is 38.7 Å². The first kappa shape index (κ1) is 20.8. The third kappa shape index (κ3) is 4.08. The molecule has 1 aliphatic rings. The molecule has 0 aliphatic carbocycles. The number of rotatable bonds is 4. The van der Waals surface area contributed by atoms with Gasteiger partial charge in [-0.2, -0.15) is 4.98 Å². The van der Waals surface area contributed by atoms with Gasteiger partial charge in [0.25, 0.3) is 0 Å². The van der Waals surface area contributed by atoms with Gasteiger partial charge in [0.1, 0.15) is 5.82 Å². The molecule has 158 valence electrons. The standard InChI is InChI=1S/C21H20ClFN2O4S/c1-13-11-25(12-14(2)28-13)21-20(30(26,27)18-9-7-17(23)8-10-18)24-19(29-21)15-3-5-16(22)6-4-15/h3-10,13-14H,11-12H2,1-2H3/t13-,14+. The van der Waals surface area contributed by atoms with Gasteiger partial charge in [0.2, 0.25) is 26.6 Å². The second-order valence-electron chi connectivity index (χ2n) is 7.26. The van der Waals surface area contributed by atoms with Gasteiger partial charge in [-0.15, -0.1) is 0 Å². The van der Waals surface area contributed by atoms with E-state index in [-0.39, 0.29) is 33.9 Å². The average Bonchev–Trinajstić information content (AvgIpc) is 3.14. The van der Waals surface area contributed by atoms with Crippen LogP contribution in [0.2, 0.25) is 5.02 Å². The first-order chi connectivity index (χ1) is 14.2.